The third-order valence-electron chi connectivity index (χ3n) is 2.58. The van der Waals surface area contributed by atoms with Gasteiger partial charge in [0.25, 0.3) is 0 Å². The van der Waals surface area contributed by atoms with E-state index in [0.29, 0.717) is 12.8 Å². The van der Waals surface area contributed by atoms with Crippen LogP contribution in [-0.4, -0.2) is 20.2 Å². The number of carbonyl (C=O) groups is 1. The van der Waals surface area contributed by atoms with Crippen LogP contribution in [0, 0.1) is 0 Å². The number of benzene rings is 1. The summed E-state index contributed by atoms with van der Waals surface area (Å²) in [5.41, 5.74) is 2.31. The predicted octanol–water partition coefficient (Wildman–Crippen LogP) is 2.36. The van der Waals surface area contributed by atoms with E-state index < -0.39 is 0 Å². The maximum absolute atomic E-state index is 11.1. The van der Waals surface area contributed by atoms with Crippen LogP contribution in [0.15, 0.2) is 18.2 Å². The Balaban J connectivity index is 2.78. The lowest BCUT2D eigenvalue weighted by atomic mass is 10.0. The molecule has 0 aliphatic heterocycles. The molecule has 0 aliphatic carbocycles. The largest absolute Gasteiger partial charge is 0.496 e. The van der Waals surface area contributed by atoms with Crippen LogP contribution in [0.5, 0.6) is 5.75 Å². The number of hydrogen-bond donors (Lipinski definition) is 0. The highest BCUT2D eigenvalue weighted by Crippen LogP contribution is 2.21. The molecule has 0 saturated carbocycles. The summed E-state index contributed by atoms with van der Waals surface area (Å²) in [5, 5.41) is 0. The zero-order valence-electron chi connectivity index (χ0n) is 10.1. The topological polar surface area (TPSA) is 35.5 Å². The van der Waals surface area contributed by atoms with Crippen LogP contribution in [0.4, 0.5) is 0 Å². The van der Waals surface area contributed by atoms with Crippen molar-refractivity contribution in [2.75, 3.05) is 14.2 Å². The Bertz CT molecular complexity index is 358. The highest BCUT2D eigenvalue weighted by Gasteiger charge is 2.07. The van der Waals surface area contributed by atoms with Crippen LogP contribution in [0.2, 0.25) is 0 Å². The molecule has 88 valence electrons. The van der Waals surface area contributed by atoms with Crippen LogP contribution >= 0.6 is 0 Å². The summed E-state index contributed by atoms with van der Waals surface area (Å²) in [6.45, 7) is 2.10. The molecule has 1 aromatic carbocycles. The second-order valence-corrected chi connectivity index (χ2v) is 3.58. The van der Waals surface area contributed by atoms with Crippen molar-refractivity contribution in [3.63, 3.8) is 0 Å². The van der Waals surface area contributed by atoms with Gasteiger partial charge in [-0.15, -0.1) is 0 Å². The van der Waals surface area contributed by atoms with Gasteiger partial charge >= 0.3 is 5.97 Å². The van der Waals surface area contributed by atoms with Crippen molar-refractivity contribution in [3.8, 4) is 5.75 Å². The number of methoxy groups -OCH3 is 2. The number of carbonyl (C=O) groups excluding carboxylic acids is 1. The van der Waals surface area contributed by atoms with E-state index in [1.54, 1.807) is 7.11 Å². The smallest absolute Gasteiger partial charge is 0.305 e. The average molecular weight is 222 g/mol. The number of aryl methyl sites for hydroxylation is 2. The molecule has 3 nitrogen and oxygen atoms in total. The Morgan fingerprint density at radius 2 is 2.06 bits per heavy atom. The second kappa shape index (κ2) is 6.16. The summed E-state index contributed by atoms with van der Waals surface area (Å²) in [4.78, 5) is 11.1. The second-order valence-electron chi connectivity index (χ2n) is 3.58. The van der Waals surface area contributed by atoms with Crippen molar-refractivity contribution < 1.29 is 14.3 Å². The predicted molar refractivity (Wildman–Crippen MR) is 62.7 cm³/mol. The van der Waals surface area contributed by atoms with E-state index in [1.807, 2.05) is 12.1 Å². The van der Waals surface area contributed by atoms with Crippen LogP contribution < -0.4 is 4.74 Å². The Morgan fingerprint density at radius 3 is 2.62 bits per heavy atom. The molecular formula is C13H18O3. The van der Waals surface area contributed by atoms with E-state index in [4.69, 9.17) is 4.74 Å². The first kappa shape index (κ1) is 12.6. The minimum atomic E-state index is -0.191. The molecule has 0 atom stereocenters. The fourth-order valence-corrected chi connectivity index (χ4v) is 1.59. The molecule has 1 rings (SSSR count). The zero-order chi connectivity index (χ0) is 12.0. The Kier molecular flexibility index (Phi) is 4.83. The first-order chi connectivity index (χ1) is 7.71. The molecule has 0 amide bonds. The first-order valence-electron chi connectivity index (χ1n) is 5.43. The van der Waals surface area contributed by atoms with Gasteiger partial charge in [0.15, 0.2) is 0 Å². The molecular weight excluding hydrogens is 204 g/mol. The highest BCUT2D eigenvalue weighted by atomic mass is 16.5. The SMILES string of the molecule is CCc1ccc(OC)c(CCC(=O)OC)c1. The molecule has 0 aliphatic rings. The van der Waals surface area contributed by atoms with Crippen molar-refractivity contribution in [2.45, 2.75) is 26.2 Å². The molecule has 0 radical (unpaired) electrons. The molecule has 0 aromatic heterocycles. The zero-order valence-corrected chi connectivity index (χ0v) is 10.1. The molecule has 16 heavy (non-hydrogen) atoms. The molecule has 0 saturated heterocycles. The standard InChI is InChI=1S/C13H18O3/c1-4-10-5-7-12(15-2)11(9-10)6-8-13(14)16-3/h5,7,9H,4,6,8H2,1-3H3. The number of rotatable bonds is 5. The Morgan fingerprint density at radius 1 is 1.31 bits per heavy atom. The van der Waals surface area contributed by atoms with Crippen LogP contribution in [-0.2, 0) is 22.4 Å². The summed E-state index contributed by atoms with van der Waals surface area (Å²) in [6, 6.07) is 6.08. The lowest BCUT2D eigenvalue weighted by Crippen LogP contribution is -2.03. The molecule has 0 unspecified atom stereocenters. The van der Waals surface area contributed by atoms with E-state index in [0.717, 1.165) is 17.7 Å². The fourth-order valence-electron chi connectivity index (χ4n) is 1.59. The number of esters is 1. The molecule has 0 N–H and O–H groups in total. The number of ether oxygens (including phenoxy) is 2. The fraction of sp³-hybridized carbons (Fsp3) is 0.462. The minimum Gasteiger partial charge on any atom is -0.496 e. The molecule has 3 heteroatoms. The minimum absolute atomic E-state index is 0.191. The normalized spacial score (nSPS) is 9.94. The van der Waals surface area contributed by atoms with E-state index in [9.17, 15) is 4.79 Å². The lowest BCUT2D eigenvalue weighted by molar-refractivity contribution is -0.140. The van der Waals surface area contributed by atoms with Gasteiger partial charge in [-0.1, -0.05) is 19.1 Å². The highest BCUT2D eigenvalue weighted by molar-refractivity contribution is 5.69. The van der Waals surface area contributed by atoms with E-state index >= 15 is 0 Å². The molecule has 0 bridgehead atoms. The number of hydrogen-bond acceptors (Lipinski definition) is 3. The van der Waals surface area contributed by atoms with Gasteiger partial charge in [-0.25, -0.2) is 0 Å². The summed E-state index contributed by atoms with van der Waals surface area (Å²) >= 11 is 0. The van der Waals surface area contributed by atoms with Gasteiger partial charge in [0.1, 0.15) is 5.75 Å². The van der Waals surface area contributed by atoms with E-state index in [1.165, 1.54) is 12.7 Å². The van der Waals surface area contributed by atoms with Crippen molar-refractivity contribution in [2.24, 2.45) is 0 Å². The van der Waals surface area contributed by atoms with Crippen molar-refractivity contribution in [1.29, 1.82) is 0 Å². The van der Waals surface area contributed by atoms with Crippen LogP contribution in [0.25, 0.3) is 0 Å². The van der Waals surface area contributed by atoms with Crippen molar-refractivity contribution in [1.82, 2.24) is 0 Å². The van der Waals surface area contributed by atoms with Crippen molar-refractivity contribution >= 4 is 5.97 Å². The molecule has 0 fully saturated rings. The Labute approximate surface area is 96.4 Å². The first-order valence-corrected chi connectivity index (χ1v) is 5.43. The van der Waals surface area contributed by atoms with Gasteiger partial charge in [-0.05, 0) is 30.0 Å². The van der Waals surface area contributed by atoms with Crippen LogP contribution in [0.3, 0.4) is 0 Å². The summed E-state index contributed by atoms with van der Waals surface area (Å²) in [6.07, 6.45) is 2.03. The van der Waals surface area contributed by atoms with E-state index in [-0.39, 0.29) is 5.97 Å². The molecule has 1 aromatic rings. The van der Waals surface area contributed by atoms with Gasteiger partial charge in [-0.3, -0.25) is 4.79 Å². The van der Waals surface area contributed by atoms with Gasteiger partial charge < -0.3 is 9.47 Å². The maximum Gasteiger partial charge on any atom is 0.305 e. The van der Waals surface area contributed by atoms with Gasteiger partial charge in [0.05, 0.1) is 14.2 Å². The lowest BCUT2D eigenvalue weighted by Gasteiger charge is -2.09. The van der Waals surface area contributed by atoms with Gasteiger partial charge in [0.2, 0.25) is 0 Å². The summed E-state index contributed by atoms with van der Waals surface area (Å²) < 4.78 is 9.88. The van der Waals surface area contributed by atoms with Crippen LogP contribution in [0.1, 0.15) is 24.5 Å². The molecule has 0 spiro atoms. The quantitative estimate of drug-likeness (QED) is 0.717. The summed E-state index contributed by atoms with van der Waals surface area (Å²) in [7, 11) is 3.05. The monoisotopic (exact) mass is 222 g/mol. The van der Waals surface area contributed by atoms with Gasteiger partial charge in [-0.2, -0.15) is 0 Å². The Hall–Kier alpha value is -1.51. The third kappa shape index (κ3) is 3.26. The maximum atomic E-state index is 11.1. The van der Waals surface area contributed by atoms with E-state index in [2.05, 4.69) is 17.7 Å². The summed E-state index contributed by atoms with van der Waals surface area (Å²) in [5.74, 6) is 0.644. The van der Waals surface area contributed by atoms with Gasteiger partial charge in [0, 0.05) is 6.42 Å². The molecule has 0 heterocycles. The third-order valence-corrected chi connectivity index (χ3v) is 2.58. The average Bonchev–Trinajstić information content (AvgIpc) is 2.35. The van der Waals surface area contributed by atoms with Crippen molar-refractivity contribution in [3.05, 3.63) is 29.3 Å².